The van der Waals surface area contributed by atoms with Gasteiger partial charge < -0.3 is 25.0 Å². The summed E-state index contributed by atoms with van der Waals surface area (Å²) in [7, 11) is 1.77. The summed E-state index contributed by atoms with van der Waals surface area (Å²) in [5.41, 5.74) is 9.22. The molecule has 0 bridgehead atoms. The fraction of sp³-hybridized carbons (Fsp3) is 0.500. The molecule has 0 aromatic carbocycles. The molecule has 7 rings (SSSR count). The molecule has 0 radical (unpaired) electrons. The number of nitrogens with zero attached hydrogens (tertiary/aromatic N) is 6. The van der Waals surface area contributed by atoms with E-state index in [4.69, 9.17) is 25.2 Å². The highest BCUT2D eigenvalue weighted by Gasteiger charge is 2.46. The third-order valence-corrected chi connectivity index (χ3v) is 9.76. The van der Waals surface area contributed by atoms with Crippen LogP contribution in [0, 0.1) is 11.3 Å². The highest BCUT2D eigenvalue weighted by molar-refractivity contribution is 7.99. The molecule has 3 aromatic heterocycles. The van der Waals surface area contributed by atoms with Crippen molar-refractivity contribution in [1.82, 2.24) is 19.9 Å². The molecule has 2 fully saturated rings. The van der Waals surface area contributed by atoms with Crippen molar-refractivity contribution in [2.45, 2.75) is 47.7 Å². The number of pyridine rings is 2. The summed E-state index contributed by atoms with van der Waals surface area (Å²) in [5, 5.41) is 0.847. The smallest absolute Gasteiger partial charge is 0.175 e. The highest BCUT2D eigenvalue weighted by atomic mass is 32.2. The molecule has 1 aliphatic carbocycles. The second kappa shape index (κ2) is 9.66. The Morgan fingerprint density at radius 1 is 1.13 bits per heavy atom. The normalized spacial score (nSPS) is 25.2. The van der Waals surface area contributed by atoms with Gasteiger partial charge in [0, 0.05) is 56.8 Å². The lowest BCUT2D eigenvalue weighted by molar-refractivity contribution is 0.157. The summed E-state index contributed by atoms with van der Waals surface area (Å²) in [6.45, 7) is 4.26. The van der Waals surface area contributed by atoms with Crippen LogP contribution in [0.15, 0.2) is 52.9 Å². The minimum atomic E-state index is 0.0634. The fourth-order valence-corrected chi connectivity index (χ4v) is 7.58. The van der Waals surface area contributed by atoms with Gasteiger partial charge in [-0.2, -0.15) is 0 Å². The number of nitrogens with two attached hydrogens (primary N) is 1. The van der Waals surface area contributed by atoms with E-state index in [0.29, 0.717) is 18.6 Å². The molecule has 2 N–H and O–H groups in total. The first-order valence-corrected chi connectivity index (χ1v) is 14.3. The number of ether oxygens (including phenoxy) is 2. The first-order valence-electron chi connectivity index (χ1n) is 13.5. The van der Waals surface area contributed by atoms with Gasteiger partial charge in [-0.05, 0) is 48.8 Å². The van der Waals surface area contributed by atoms with Crippen molar-refractivity contribution in [3.05, 3.63) is 54.2 Å². The molecule has 198 valence electrons. The zero-order valence-electron chi connectivity index (χ0n) is 21.6. The monoisotopic (exact) mass is 531 g/mol. The molecule has 4 aliphatic rings. The number of hydrogen-bond donors (Lipinski definition) is 1. The van der Waals surface area contributed by atoms with Gasteiger partial charge in [0.2, 0.25) is 0 Å². The Bertz CT molecular complexity index is 1310. The summed E-state index contributed by atoms with van der Waals surface area (Å²) in [4.78, 5) is 24.5. The maximum atomic E-state index is 6.72. The van der Waals surface area contributed by atoms with Gasteiger partial charge in [-0.25, -0.2) is 15.0 Å². The van der Waals surface area contributed by atoms with E-state index >= 15 is 0 Å². The van der Waals surface area contributed by atoms with Crippen LogP contribution in [0.1, 0.15) is 36.6 Å². The molecule has 2 saturated heterocycles. The van der Waals surface area contributed by atoms with E-state index in [1.54, 1.807) is 18.9 Å². The number of methoxy groups -OCH3 is 1. The summed E-state index contributed by atoms with van der Waals surface area (Å²) in [6, 6.07) is 6.57. The van der Waals surface area contributed by atoms with Crippen LogP contribution in [-0.2, 0) is 11.2 Å². The van der Waals surface area contributed by atoms with Crippen LogP contribution in [0.4, 0.5) is 11.6 Å². The molecular weight excluding hydrogens is 498 g/mol. The number of piperidine rings is 1. The predicted molar refractivity (Wildman–Crippen MR) is 146 cm³/mol. The second-order valence-electron chi connectivity index (χ2n) is 11.0. The largest absolute Gasteiger partial charge is 0.486 e. The van der Waals surface area contributed by atoms with Crippen LogP contribution >= 0.6 is 11.8 Å². The number of rotatable bonds is 5. The van der Waals surface area contributed by atoms with Gasteiger partial charge in [-0.3, -0.25) is 4.98 Å². The zero-order chi connectivity index (χ0) is 25.7. The quantitative estimate of drug-likeness (QED) is 0.526. The lowest BCUT2D eigenvalue weighted by Gasteiger charge is -2.42. The van der Waals surface area contributed by atoms with Crippen LogP contribution in [-0.4, -0.2) is 65.9 Å². The van der Waals surface area contributed by atoms with Gasteiger partial charge in [0.15, 0.2) is 11.6 Å². The topological polar surface area (TPSA) is 103 Å². The summed E-state index contributed by atoms with van der Waals surface area (Å²) < 4.78 is 11.6. The molecule has 3 aliphatic heterocycles. The van der Waals surface area contributed by atoms with Crippen molar-refractivity contribution in [3.8, 4) is 5.75 Å². The number of anilines is 2. The highest BCUT2D eigenvalue weighted by Crippen LogP contribution is 2.50. The van der Waals surface area contributed by atoms with Gasteiger partial charge in [0.1, 0.15) is 17.5 Å². The number of hydrogen-bond acceptors (Lipinski definition) is 10. The van der Waals surface area contributed by atoms with Crippen LogP contribution in [0.5, 0.6) is 5.75 Å². The first kappa shape index (κ1) is 24.1. The van der Waals surface area contributed by atoms with Crippen molar-refractivity contribution in [1.29, 1.82) is 0 Å². The van der Waals surface area contributed by atoms with Gasteiger partial charge in [-0.1, -0.05) is 17.8 Å². The fourth-order valence-electron chi connectivity index (χ4n) is 6.77. The number of fused-ring (bicyclic) bond motifs is 4. The van der Waals surface area contributed by atoms with Crippen molar-refractivity contribution >= 4 is 23.4 Å². The first-order chi connectivity index (χ1) is 18.6. The van der Waals surface area contributed by atoms with Gasteiger partial charge in [-0.15, -0.1) is 0 Å². The van der Waals surface area contributed by atoms with Crippen LogP contribution < -0.4 is 20.3 Å². The van der Waals surface area contributed by atoms with E-state index in [1.807, 2.05) is 36.9 Å². The van der Waals surface area contributed by atoms with E-state index in [0.717, 1.165) is 79.2 Å². The third-order valence-electron chi connectivity index (χ3n) is 8.80. The van der Waals surface area contributed by atoms with Crippen molar-refractivity contribution < 1.29 is 9.47 Å². The van der Waals surface area contributed by atoms with E-state index in [2.05, 4.69) is 25.8 Å². The Balaban J connectivity index is 1.02. The average Bonchev–Trinajstić information content (AvgIpc) is 3.49. The lowest BCUT2D eigenvalue weighted by Crippen LogP contribution is -2.44. The SMILES string of the molecule is COCC1C[C@H]2COc3c(Sc4cnc(N5CCC6(CC5)Cc5ncccc5[C@H]6N)cn4)ccnc3N2C1. The van der Waals surface area contributed by atoms with E-state index in [-0.39, 0.29) is 11.5 Å². The number of aromatic nitrogens is 4. The minimum Gasteiger partial charge on any atom is -0.486 e. The standard InChI is InChI=1S/C28H33N7O2S/c1-36-16-18-11-19-17-37-25-22(4-8-31-27(25)35(19)15-18)38-24-14-32-23(13-33-24)34-9-5-28(6-10-34)12-21-20(26(28)29)3-2-7-30-21/h2-4,7-8,13-14,18-19,26H,5-6,9-12,15-17,29H2,1H3/t18?,19-,26+/m0/s1. The molecule has 6 heterocycles. The van der Waals surface area contributed by atoms with E-state index in [1.165, 1.54) is 11.3 Å². The van der Waals surface area contributed by atoms with Gasteiger partial charge >= 0.3 is 0 Å². The second-order valence-corrected chi connectivity index (χ2v) is 12.1. The van der Waals surface area contributed by atoms with Crippen LogP contribution in [0.3, 0.4) is 0 Å². The molecule has 9 nitrogen and oxygen atoms in total. The van der Waals surface area contributed by atoms with Crippen molar-refractivity contribution in [2.24, 2.45) is 17.1 Å². The van der Waals surface area contributed by atoms with E-state index in [9.17, 15) is 0 Å². The molecule has 3 aromatic rings. The zero-order valence-corrected chi connectivity index (χ0v) is 22.4. The van der Waals surface area contributed by atoms with Crippen LogP contribution in [0.2, 0.25) is 0 Å². The van der Waals surface area contributed by atoms with Crippen molar-refractivity contribution in [3.63, 3.8) is 0 Å². The molecule has 10 heteroatoms. The summed E-state index contributed by atoms with van der Waals surface area (Å²) >= 11 is 1.58. The Morgan fingerprint density at radius 3 is 2.82 bits per heavy atom. The molecule has 1 unspecified atom stereocenters. The Kier molecular flexibility index (Phi) is 6.13. The summed E-state index contributed by atoms with van der Waals surface area (Å²) in [5.74, 6) is 3.21. The molecule has 0 saturated carbocycles. The summed E-state index contributed by atoms with van der Waals surface area (Å²) in [6.07, 6.45) is 11.6. The molecule has 3 atom stereocenters. The Morgan fingerprint density at radius 2 is 2.03 bits per heavy atom. The van der Waals surface area contributed by atoms with Crippen molar-refractivity contribution in [2.75, 3.05) is 49.8 Å². The Labute approximate surface area is 227 Å². The lowest BCUT2D eigenvalue weighted by atomic mass is 9.73. The average molecular weight is 532 g/mol. The molecule has 1 spiro atoms. The predicted octanol–water partition coefficient (Wildman–Crippen LogP) is 3.49. The van der Waals surface area contributed by atoms with Gasteiger partial charge in [0.25, 0.3) is 0 Å². The maximum Gasteiger partial charge on any atom is 0.175 e. The molecular formula is C28H33N7O2S. The Hall–Kier alpha value is -2.95. The minimum absolute atomic E-state index is 0.0634. The third kappa shape index (κ3) is 4.10. The molecule has 0 amide bonds. The van der Waals surface area contributed by atoms with E-state index < -0.39 is 0 Å². The molecule has 38 heavy (non-hydrogen) atoms. The van der Waals surface area contributed by atoms with Gasteiger partial charge in [0.05, 0.1) is 29.9 Å². The van der Waals surface area contributed by atoms with Crippen LogP contribution in [0.25, 0.3) is 0 Å². The maximum absolute atomic E-state index is 6.72.